The second kappa shape index (κ2) is 13.9. The number of thiol groups is 2. The monoisotopic (exact) mass is 742 g/mol. The highest BCUT2D eigenvalue weighted by Gasteiger charge is 2.49. The van der Waals surface area contributed by atoms with Crippen molar-refractivity contribution in [3.8, 4) is 0 Å². The number of hydrogen-bond acceptors (Lipinski definition) is 16. The number of fused-ring (bicyclic) bond motifs is 6. The van der Waals surface area contributed by atoms with E-state index in [1.165, 1.54) is 34.4 Å². The lowest BCUT2D eigenvalue weighted by Gasteiger charge is -2.26. The minimum atomic E-state index is -4.06. The van der Waals surface area contributed by atoms with Crippen LogP contribution in [0.4, 0.5) is 11.6 Å². The molecule has 3 aliphatic heterocycles. The summed E-state index contributed by atoms with van der Waals surface area (Å²) in [5.41, 5.74) is 1.53. The Balaban J connectivity index is 1.23. The summed E-state index contributed by atoms with van der Waals surface area (Å²) < 4.78 is 46.6. The van der Waals surface area contributed by atoms with Crippen LogP contribution in [0, 0.1) is 0 Å². The molecule has 258 valence electrons. The number of rotatable bonds is 3. The van der Waals surface area contributed by atoms with Gasteiger partial charge in [-0.25, -0.2) is 35.0 Å². The number of aromatic nitrogens is 8. The van der Waals surface area contributed by atoms with Crippen molar-refractivity contribution >= 4 is 72.3 Å². The fourth-order valence-corrected chi connectivity index (χ4v) is 8.74. The maximum Gasteiger partial charge on any atom is 0.324 e. The molecule has 2 fully saturated rings. The van der Waals surface area contributed by atoms with Gasteiger partial charge in [0.05, 0.1) is 38.0 Å². The van der Waals surface area contributed by atoms with Gasteiger partial charge in [-0.2, -0.15) is 0 Å². The molecule has 0 saturated carbocycles. The average Bonchev–Trinajstić information content (AvgIpc) is 3.82. The fraction of sp³-hybridized carbons (Fsp3) is 0.500. The van der Waals surface area contributed by atoms with Gasteiger partial charge in [-0.15, -0.1) is 12.2 Å². The molecule has 5 unspecified atom stereocenters. The van der Waals surface area contributed by atoms with E-state index in [1.807, 2.05) is 12.2 Å². The highest BCUT2D eigenvalue weighted by Crippen LogP contribution is 2.51. The summed E-state index contributed by atoms with van der Waals surface area (Å²) in [6.45, 7) is -4.23. The number of nitrogens with one attached hydrogen (secondary N) is 4. The van der Waals surface area contributed by atoms with Gasteiger partial charge in [0, 0.05) is 13.1 Å². The molecule has 7 rings (SSSR count). The van der Waals surface area contributed by atoms with E-state index in [0.29, 0.717) is 47.1 Å². The lowest BCUT2D eigenvalue weighted by atomic mass is 10.1. The molecule has 10 atom stereocenters. The maximum atomic E-state index is 13.6. The largest absolute Gasteiger partial charge is 0.394 e. The van der Waals surface area contributed by atoms with Gasteiger partial charge in [-0.05, 0) is 0 Å². The fourth-order valence-electron chi connectivity index (χ4n) is 5.94. The molecule has 24 heteroatoms. The topological polar surface area (TPSA) is 258 Å². The van der Waals surface area contributed by atoms with Gasteiger partial charge in [0.25, 0.3) is 0 Å². The molecule has 4 aromatic heterocycles. The second-order valence-electron chi connectivity index (χ2n) is 11.1. The highest BCUT2D eigenvalue weighted by atomic mass is 32.7. The number of aliphatic hydroxyl groups is 3. The Labute approximate surface area is 282 Å². The summed E-state index contributed by atoms with van der Waals surface area (Å²) in [4.78, 5) is 26.1. The van der Waals surface area contributed by atoms with E-state index in [-0.39, 0.29) is 0 Å². The van der Waals surface area contributed by atoms with Crippen molar-refractivity contribution in [1.29, 1.82) is 0 Å². The first-order valence-electron chi connectivity index (χ1n) is 14.7. The summed E-state index contributed by atoms with van der Waals surface area (Å²) >= 11 is 8.20. The molecular weight excluding hydrogens is 710 g/mol. The Morgan fingerprint density at radius 2 is 1.52 bits per heavy atom. The van der Waals surface area contributed by atoms with Crippen LogP contribution in [-0.4, -0.2) is 117 Å². The van der Waals surface area contributed by atoms with Crippen molar-refractivity contribution in [3.05, 3.63) is 37.5 Å². The van der Waals surface area contributed by atoms with Crippen LogP contribution >= 0.6 is 38.4 Å². The van der Waals surface area contributed by atoms with Gasteiger partial charge in [0.1, 0.15) is 37.1 Å². The van der Waals surface area contributed by atoms with Crippen molar-refractivity contribution < 1.29 is 38.4 Å². The highest BCUT2D eigenvalue weighted by molar-refractivity contribution is 8.45. The van der Waals surface area contributed by atoms with Crippen LogP contribution in [0.3, 0.4) is 0 Å². The van der Waals surface area contributed by atoms with Crippen LogP contribution in [0.15, 0.2) is 37.5 Å². The zero-order valence-electron chi connectivity index (χ0n) is 24.7. The number of anilines is 2. The molecule has 7 heterocycles. The molecule has 0 aromatic carbocycles. The predicted octanol–water partition coefficient (Wildman–Crippen LogP) is -0.141. The number of hydrogen-bond donors (Lipinski definition) is 9. The maximum absolute atomic E-state index is 13.6. The third kappa shape index (κ3) is 6.48. The Hall–Kier alpha value is -2.72. The summed E-state index contributed by atoms with van der Waals surface area (Å²) in [6, 6.07) is -2.09. The Kier molecular flexibility index (Phi) is 9.77. The third-order valence-electron chi connectivity index (χ3n) is 8.15. The molecule has 0 aliphatic carbocycles. The van der Waals surface area contributed by atoms with E-state index >= 15 is 0 Å². The van der Waals surface area contributed by atoms with Crippen molar-refractivity contribution in [2.75, 3.05) is 36.9 Å². The van der Waals surface area contributed by atoms with Crippen LogP contribution in [0.25, 0.3) is 22.3 Å². The van der Waals surface area contributed by atoms with Crippen molar-refractivity contribution in [2.24, 2.45) is 0 Å². The summed E-state index contributed by atoms with van der Waals surface area (Å²) in [5, 5.41) is 44.6. The first-order valence-corrected chi connectivity index (χ1v) is 20.1. The van der Waals surface area contributed by atoms with Crippen LogP contribution < -0.4 is 20.8 Å². The molecule has 20 nitrogen and oxygen atoms in total. The smallest absolute Gasteiger partial charge is 0.324 e. The second-order valence-corrected chi connectivity index (χ2v) is 16.3. The SMILES string of the molecule is O=[PH](S)NC1C2COP(=O)(S)N[C@@H]3C(CO)O[C@H]([C@@H]3O)n3cnc4c(ncnc43)NC/C=C/CNc3ncnc4c3ncn4[C@H](O2)[C@@H]1O. The van der Waals surface area contributed by atoms with Gasteiger partial charge >= 0.3 is 6.72 Å². The Morgan fingerprint density at radius 3 is 2.08 bits per heavy atom. The average molecular weight is 743 g/mol. The van der Waals surface area contributed by atoms with Gasteiger partial charge < -0.3 is 40.0 Å². The Bertz CT molecular complexity index is 1900. The van der Waals surface area contributed by atoms with E-state index in [1.54, 1.807) is 0 Å². The van der Waals surface area contributed by atoms with Crippen LogP contribution in [-0.2, 0) is 23.1 Å². The zero-order chi connectivity index (χ0) is 33.6. The number of nitrogens with zero attached hydrogens (tertiary/aromatic N) is 8. The molecular formula is C24H32N12O8P2S2. The molecule has 4 aromatic rings. The standard InChI is InChI=1S/C24H32N12O8P2S2/c37-5-11-14-18(39)24(43-11)36-10-32-16-20(28-8-30-22(16)36)26-4-2-1-3-25-19-15-21(29-7-27-19)35(9-31-15)23-17(38)13(33-45(40)47)12(44-23)6-42-46(41,48)34-14/h1-2,7-14,17-18,23-24,37-39,45H,3-6H2,(H,25,27,29)(H,26,28,30)(H2,33,40,47)(H2,34,41,48)/b2-1+/t11?,12?,13?,14-,17-,18-,23-,24-,46?/m1/s1. The first-order chi connectivity index (χ1) is 23.1. The molecule has 48 heavy (non-hydrogen) atoms. The van der Waals surface area contributed by atoms with Crippen molar-refractivity contribution in [1.82, 2.24) is 49.2 Å². The van der Waals surface area contributed by atoms with Crippen LogP contribution in [0.1, 0.15) is 12.5 Å². The molecule has 3 aliphatic rings. The molecule has 0 amide bonds. The molecule has 12 bridgehead atoms. The predicted molar refractivity (Wildman–Crippen MR) is 178 cm³/mol. The molecule has 2 saturated heterocycles. The van der Waals surface area contributed by atoms with E-state index in [0.717, 1.165) is 0 Å². The van der Waals surface area contributed by atoms with E-state index < -0.39 is 76.0 Å². The lowest BCUT2D eigenvalue weighted by molar-refractivity contribution is -0.0489. The van der Waals surface area contributed by atoms with Crippen molar-refractivity contribution in [2.45, 2.75) is 49.0 Å². The number of ether oxygens (including phenoxy) is 2. The summed E-state index contributed by atoms with van der Waals surface area (Å²) in [6.07, 6.45) is 2.45. The molecule has 0 spiro atoms. The summed E-state index contributed by atoms with van der Waals surface area (Å²) in [7, 11) is -2.64. The number of aliphatic hydroxyl groups excluding tert-OH is 3. The quantitative estimate of drug-likeness (QED) is 0.0752. The number of imidazole rings is 2. The van der Waals surface area contributed by atoms with E-state index in [2.05, 4.69) is 75.2 Å². The summed E-state index contributed by atoms with van der Waals surface area (Å²) in [5.74, 6) is 0.886. The molecule has 0 radical (unpaired) electrons. The van der Waals surface area contributed by atoms with Gasteiger partial charge in [0.15, 0.2) is 53.6 Å². The van der Waals surface area contributed by atoms with Crippen LogP contribution in [0.2, 0.25) is 0 Å². The van der Waals surface area contributed by atoms with Gasteiger partial charge in [-0.3, -0.25) is 23.4 Å². The third-order valence-corrected chi connectivity index (χ3v) is 10.9. The normalized spacial score (nSPS) is 34.2. The molecule has 7 N–H and O–H groups in total. The van der Waals surface area contributed by atoms with Crippen LogP contribution in [0.5, 0.6) is 0 Å². The zero-order valence-corrected chi connectivity index (χ0v) is 28.4. The van der Waals surface area contributed by atoms with Gasteiger partial charge in [-0.1, -0.05) is 24.4 Å². The first kappa shape index (κ1) is 33.8. The van der Waals surface area contributed by atoms with Crippen molar-refractivity contribution in [3.63, 3.8) is 0 Å². The Morgan fingerprint density at radius 1 is 0.938 bits per heavy atom. The minimum Gasteiger partial charge on any atom is -0.394 e. The van der Waals surface area contributed by atoms with Gasteiger partial charge in [0.2, 0.25) is 0 Å². The van der Waals surface area contributed by atoms with E-state index in [4.69, 9.17) is 14.0 Å². The minimum absolute atomic E-state index is 0.347. The van der Waals surface area contributed by atoms with E-state index in [9.17, 15) is 24.4 Å². The lowest BCUT2D eigenvalue weighted by Crippen LogP contribution is -2.45.